The largest absolute Gasteiger partial charge is 0.620 e. The van der Waals surface area contributed by atoms with Gasteiger partial charge in [0.1, 0.15) is 22.7 Å². The van der Waals surface area contributed by atoms with Crippen molar-refractivity contribution in [3.05, 3.63) is 76.8 Å². The lowest BCUT2D eigenvalue weighted by atomic mass is 9.69. The quantitative estimate of drug-likeness (QED) is 0.174. The number of aromatic nitrogens is 2. The fraction of sp³-hybridized carbons (Fsp3) is 0.355. The Morgan fingerprint density at radius 1 is 1.12 bits per heavy atom. The van der Waals surface area contributed by atoms with Crippen LogP contribution in [-0.4, -0.2) is 52.1 Å². The number of nitrogens with zero attached hydrogens (tertiary/aromatic N) is 4. The zero-order valence-electron chi connectivity index (χ0n) is 22.6. The van der Waals surface area contributed by atoms with Crippen LogP contribution in [0.1, 0.15) is 31.7 Å². The number of quaternary nitrogens is 1. The zero-order chi connectivity index (χ0) is 28.6. The predicted octanol–water partition coefficient (Wildman–Crippen LogP) is 5.21. The Balaban J connectivity index is 1.14. The van der Waals surface area contributed by atoms with Crippen LogP contribution in [0.4, 0.5) is 5.69 Å². The van der Waals surface area contributed by atoms with Gasteiger partial charge >= 0.3 is 5.91 Å². The summed E-state index contributed by atoms with van der Waals surface area (Å²) in [5.41, 5.74) is 1.54. The fourth-order valence-corrected chi connectivity index (χ4v) is 6.85. The molecule has 6 rings (SSSR count). The zero-order valence-corrected chi connectivity index (χ0v) is 23.4. The van der Waals surface area contributed by atoms with E-state index in [-0.39, 0.29) is 6.54 Å². The van der Waals surface area contributed by atoms with Crippen LogP contribution in [-0.2, 0) is 9.53 Å². The fourth-order valence-electron chi connectivity index (χ4n) is 6.38. The highest BCUT2D eigenvalue weighted by Gasteiger charge is 2.62. The van der Waals surface area contributed by atoms with E-state index in [1.54, 1.807) is 30.3 Å². The maximum Gasteiger partial charge on any atom is 0.322 e. The minimum absolute atomic E-state index is 0.0235. The van der Waals surface area contributed by atoms with Crippen molar-refractivity contribution in [2.45, 2.75) is 37.9 Å². The molecule has 41 heavy (non-hydrogen) atoms. The molecule has 4 unspecified atom stereocenters. The molecule has 2 heterocycles. The van der Waals surface area contributed by atoms with Crippen molar-refractivity contribution in [1.29, 1.82) is 5.26 Å². The molecule has 9 nitrogen and oxygen atoms in total. The molecule has 2 fully saturated rings. The van der Waals surface area contributed by atoms with E-state index in [2.05, 4.69) is 15.7 Å². The van der Waals surface area contributed by atoms with Crippen molar-refractivity contribution in [1.82, 2.24) is 14.2 Å². The van der Waals surface area contributed by atoms with Crippen LogP contribution in [0, 0.1) is 28.4 Å². The summed E-state index contributed by atoms with van der Waals surface area (Å²) >= 11 is 1.30. The molecule has 0 radical (unpaired) electrons. The number of hydrogen-bond acceptors (Lipinski definition) is 9. The van der Waals surface area contributed by atoms with Crippen molar-refractivity contribution in [3.63, 3.8) is 0 Å². The van der Waals surface area contributed by atoms with Crippen LogP contribution in [0.25, 0.3) is 22.0 Å². The average molecular weight is 571 g/mol. The maximum atomic E-state index is 14.4. The molecular formula is C31H30N4O5S. The topological polar surface area (TPSA) is 128 Å². The summed E-state index contributed by atoms with van der Waals surface area (Å²) in [5, 5.41) is 42.2. The van der Waals surface area contributed by atoms with E-state index in [9.17, 15) is 20.4 Å². The van der Waals surface area contributed by atoms with E-state index in [4.69, 9.17) is 9.47 Å². The van der Waals surface area contributed by atoms with Crippen molar-refractivity contribution in [2.24, 2.45) is 11.8 Å². The number of hydrogen-bond donors (Lipinski definition) is 1. The second kappa shape index (κ2) is 10.9. The van der Waals surface area contributed by atoms with Crippen LogP contribution >= 0.6 is 11.5 Å². The molecule has 1 amide bonds. The second-order valence-corrected chi connectivity index (χ2v) is 11.5. The van der Waals surface area contributed by atoms with Gasteiger partial charge in [-0.3, -0.25) is 4.65 Å². The minimum atomic E-state index is -1.12. The molecule has 3 aromatic carbocycles. The Hall–Kier alpha value is -3.72. The molecule has 1 saturated carbocycles. The summed E-state index contributed by atoms with van der Waals surface area (Å²) in [6.45, 7) is 2.52. The van der Waals surface area contributed by atoms with Crippen LogP contribution < -0.4 is 9.38 Å². The SMILES string of the molecule is CC1(OCCCOc2ccc(-c3csnn3)cc2)C2C[N+]([O-])(c3ccc(C#N)c4ccccc34)C(=O)C2CC[C@H]1O. The van der Waals surface area contributed by atoms with Crippen LogP contribution in [0.15, 0.2) is 66.0 Å². The van der Waals surface area contributed by atoms with E-state index in [0.717, 1.165) is 17.0 Å². The molecule has 210 valence electrons. The van der Waals surface area contributed by atoms with Gasteiger partial charge in [0.05, 0.1) is 49.3 Å². The molecule has 1 aliphatic heterocycles. The highest BCUT2D eigenvalue weighted by Crippen LogP contribution is 2.50. The summed E-state index contributed by atoms with van der Waals surface area (Å²) in [5.74, 6) is -0.644. The van der Waals surface area contributed by atoms with Gasteiger partial charge in [0, 0.05) is 34.2 Å². The molecule has 10 heteroatoms. The number of carbonyl (C=O) groups excluding carboxylic acids is 1. The molecule has 1 saturated heterocycles. The molecule has 1 N–H and O–H groups in total. The van der Waals surface area contributed by atoms with Gasteiger partial charge in [0.25, 0.3) is 0 Å². The molecule has 1 aliphatic carbocycles. The Kier molecular flexibility index (Phi) is 7.32. The van der Waals surface area contributed by atoms with Crippen LogP contribution in [0.3, 0.4) is 0 Å². The van der Waals surface area contributed by atoms with Gasteiger partial charge in [0.2, 0.25) is 0 Å². The number of ether oxygens (including phenoxy) is 2. The van der Waals surface area contributed by atoms with Crippen molar-refractivity contribution >= 4 is 33.9 Å². The lowest BCUT2D eigenvalue weighted by Gasteiger charge is -2.44. The first-order valence-electron chi connectivity index (χ1n) is 13.7. The Morgan fingerprint density at radius 2 is 1.90 bits per heavy atom. The summed E-state index contributed by atoms with van der Waals surface area (Å²) in [6.07, 6.45) is 0.600. The Bertz CT molecular complexity index is 1610. The summed E-state index contributed by atoms with van der Waals surface area (Å²) in [6, 6.07) is 20.2. The van der Waals surface area contributed by atoms with Crippen molar-refractivity contribution in [3.8, 4) is 23.1 Å². The monoisotopic (exact) mass is 570 g/mol. The normalized spacial score (nSPS) is 27.5. The molecule has 4 aromatic rings. The lowest BCUT2D eigenvalue weighted by molar-refractivity contribution is -0.173. The highest BCUT2D eigenvalue weighted by molar-refractivity contribution is 7.03. The van der Waals surface area contributed by atoms with Gasteiger partial charge in [-0.15, -0.1) is 5.10 Å². The molecule has 1 aromatic heterocycles. The number of nitriles is 1. The van der Waals surface area contributed by atoms with E-state index in [0.29, 0.717) is 54.5 Å². The molecular weight excluding hydrogens is 540 g/mol. The van der Waals surface area contributed by atoms with Gasteiger partial charge in [-0.2, -0.15) is 5.26 Å². The predicted molar refractivity (Wildman–Crippen MR) is 156 cm³/mol. The van der Waals surface area contributed by atoms with E-state index in [1.807, 2.05) is 42.6 Å². The third-order valence-corrected chi connectivity index (χ3v) is 9.16. The number of carbonyl (C=O) groups is 1. The smallest absolute Gasteiger partial charge is 0.322 e. The van der Waals surface area contributed by atoms with Gasteiger partial charge in [-0.25, -0.2) is 4.79 Å². The van der Waals surface area contributed by atoms with Crippen LogP contribution in [0.5, 0.6) is 5.75 Å². The van der Waals surface area contributed by atoms with E-state index in [1.165, 1.54) is 11.5 Å². The number of hydroxylamine groups is 2. The summed E-state index contributed by atoms with van der Waals surface area (Å²) in [4.78, 5) is 13.7. The number of aliphatic hydroxyl groups is 1. The van der Waals surface area contributed by atoms with Crippen molar-refractivity contribution < 1.29 is 19.4 Å². The third kappa shape index (κ3) is 4.80. The summed E-state index contributed by atoms with van der Waals surface area (Å²) < 4.78 is 15.0. The van der Waals surface area contributed by atoms with Crippen LogP contribution in [0.2, 0.25) is 0 Å². The molecule has 0 bridgehead atoms. The lowest BCUT2D eigenvalue weighted by Crippen LogP contribution is -2.55. The standard InChI is InChI=1S/C31H30N4O5S/c1-31(40-16-4-15-39-22-10-7-20(8-11-22)27-19-41-34-33-27)26-18-35(38,30(37)25(26)12-14-29(31)36)28-13-9-21(17-32)23-5-2-3-6-24(23)28/h2-3,5-11,13,19,25-26,29,36H,4,12,14-16,18H2,1H3/t25?,26?,29-,31?,35?/m1/s1. The van der Waals surface area contributed by atoms with Gasteiger partial charge in [0.15, 0.2) is 0 Å². The molecule has 0 spiro atoms. The first-order valence-corrected chi connectivity index (χ1v) is 14.6. The number of rotatable bonds is 8. The number of benzene rings is 3. The highest BCUT2D eigenvalue weighted by atomic mass is 32.1. The van der Waals surface area contributed by atoms with E-state index >= 15 is 0 Å². The Morgan fingerprint density at radius 3 is 2.63 bits per heavy atom. The molecule has 2 aliphatic rings. The number of aliphatic hydroxyl groups excluding tert-OH is 1. The average Bonchev–Trinajstić information content (AvgIpc) is 3.63. The number of amides is 1. The number of fused-ring (bicyclic) bond motifs is 2. The Labute approximate surface area is 241 Å². The maximum absolute atomic E-state index is 14.4. The molecule has 5 atom stereocenters. The van der Waals surface area contributed by atoms with E-state index < -0.39 is 34.1 Å². The van der Waals surface area contributed by atoms with Gasteiger partial charge in [-0.1, -0.05) is 22.7 Å². The van der Waals surface area contributed by atoms with Gasteiger partial charge in [-0.05, 0) is 67.7 Å². The second-order valence-electron chi connectivity index (χ2n) is 10.9. The third-order valence-electron chi connectivity index (χ3n) is 8.65. The first-order chi connectivity index (χ1) is 19.8. The summed E-state index contributed by atoms with van der Waals surface area (Å²) in [7, 11) is 0. The van der Waals surface area contributed by atoms with Gasteiger partial charge < -0.3 is 19.8 Å². The minimum Gasteiger partial charge on any atom is -0.620 e. The van der Waals surface area contributed by atoms with Crippen molar-refractivity contribution in [2.75, 3.05) is 19.8 Å². The first kappa shape index (κ1) is 27.4.